The average Bonchev–Trinajstić information content (AvgIpc) is 2.96. The number of rotatable bonds is 50. The Morgan fingerprint density at radius 3 is 1.47 bits per heavy atom. The number of hydrogen-bond donors (Lipinski definition) is 6. The SMILES string of the molecule is O=C(NCCOCCOCCOCCNC(=O)c1cccc2cc3ccccc3nc12)NC(COCc1cn(CCOCCOCCOCCNC(=O)C(F)(F)F)nn1)(COCc1cn(CCSSCCO)nn1)COCc1cn(CCSSCCO)nn1. The Morgan fingerprint density at radius 2 is 0.955 bits per heavy atom. The zero-order valence-electron chi connectivity index (χ0n) is 49.1. The molecule has 6 rings (SSSR count). The first-order chi connectivity index (χ1) is 43.4. The molecule has 492 valence electrons. The fourth-order valence-corrected chi connectivity index (χ4v) is 11.3. The van der Waals surface area contributed by atoms with E-state index < -0.39 is 23.7 Å². The van der Waals surface area contributed by atoms with E-state index in [9.17, 15) is 27.6 Å². The van der Waals surface area contributed by atoms with Crippen molar-refractivity contribution in [3.05, 3.63) is 89.8 Å². The second-order valence-electron chi connectivity index (χ2n) is 19.0. The molecule has 4 amide bonds. The van der Waals surface area contributed by atoms with Crippen molar-refractivity contribution in [2.24, 2.45) is 0 Å². The number of carbonyl (C=O) groups is 3. The van der Waals surface area contributed by atoms with E-state index in [0.717, 1.165) is 27.8 Å². The molecule has 0 atom stereocenters. The summed E-state index contributed by atoms with van der Waals surface area (Å²) in [5.41, 5.74) is 2.23. The van der Waals surface area contributed by atoms with Gasteiger partial charge in [0.2, 0.25) is 0 Å². The van der Waals surface area contributed by atoms with Crippen LogP contribution in [0.4, 0.5) is 18.0 Å². The number of amides is 4. The lowest BCUT2D eigenvalue weighted by atomic mass is 10.0. The summed E-state index contributed by atoms with van der Waals surface area (Å²) < 4.78 is 93.9. The Labute approximate surface area is 527 Å². The Hall–Kier alpha value is -5.51. The number of aryl methyl sites for hydroxylation is 2. The lowest BCUT2D eigenvalue weighted by Crippen LogP contribution is -2.60. The lowest BCUT2D eigenvalue weighted by Gasteiger charge is -2.34. The fourth-order valence-electron chi connectivity index (χ4n) is 7.82. The van der Waals surface area contributed by atoms with Gasteiger partial charge in [0.15, 0.2) is 0 Å². The summed E-state index contributed by atoms with van der Waals surface area (Å²) in [6.45, 7) is 4.22. The van der Waals surface area contributed by atoms with Crippen LogP contribution in [0.5, 0.6) is 0 Å². The maximum Gasteiger partial charge on any atom is 0.471 e. The highest BCUT2D eigenvalue weighted by Gasteiger charge is 2.38. The fraction of sp³-hybridized carbons (Fsp3) is 0.593. The van der Waals surface area contributed by atoms with Gasteiger partial charge in [0, 0.05) is 53.4 Å². The quantitative estimate of drug-likeness (QED) is 0.0182. The van der Waals surface area contributed by atoms with E-state index in [4.69, 9.17) is 57.8 Å². The summed E-state index contributed by atoms with van der Waals surface area (Å²) in [5, 5.41) is 56.0. The van der Waals surface area contributed by atoms with Gasteiger partial charge in [-0.2, -0.15) is 13.2 Å². The summed E-state index contributed by atoms with van der Waals surface area (Å²) in [7, 11) is 6.38. The van der Waals surface area contributed by atoms with Gasteiger partial charge in [-0.05, 0) is 18.2 Å². The summed E-state index contributed by atoms with van der Waals surface area (Å²) in [5.74, 6) is 0.486. The maximum atomic E-state index is 13.8. The first kappa shape index (κ1) is 72.6. The number of carbonyl (C=O) groups excluding carboxylic acids is 3. The molecule has 0 spiro atoms. The Balaban J connectivity index is 0.946. The van der Waals surface area contributed by atoms with Crippen molar-refractivity contribution >= 4 is 82.8 Å². The monoisotopic (exact) mass is 1330 g/mol. The highest BCUT2D eigenvalue weighted by molar-refractivity contribution is 8.77. The number of pyridine rings is 1. The van der Waals surface area contributed by atoms with Crippen LogP contribution in [0.2, 0.25) is 0 Å². The summed E-state index contributed by atoms with van der Waals surface area (Å²) in [6.07, 6.45) is 0.302. The third-order valence-electron chi connectivity index (χ3n) is 11.9. The van der Waals surface area contributed by atoms with Crippen molar-refractivity contribution < 1.29 is 80.4 Å². The molecule has 0 aliphatic heterocycles. The van der Waals surface area contributed by atoms with Crippen LogP contribution < -0.4 is 21.3 Å². The number of hydrogen-bond acceptors (Lipinski definition) is 25. The van der Waals surface area contributed by atoms with Gasteiger partial charge in [-0.1, -0.05) is 89.1 Å². The molecular weight excluding hydrogens is 1250 g/mol. The van der Waals surface area contributed by atoms with Crippen molar-refractivity contribution in [2.45, 2.75) is 51.2 Å². The topological polar surface area (TPSA) is 328 Å². The number of nitrogens with one attached hydrogen (secondary N) is 4. The number of aromatic nitrogens is 10. The Bertz CT molecular complexity index is 2900. The molecule has 0 saturated heterocycles. The van der Waals surface area contributed by atoms with Crippen molar-refractivity contribution in [1.29, 1.82) is 0 Å². The molecule has 0 radical (unpaired) electrons. The molecule has 89 heavy (non-hydrogen) atoms. The molecule has 6 N–H and O–H groups in total. The molecule has 4 heterocycles. The van der Waals surface area contributed by atoms with Crippen LogP contribution >= 0.6 is 43.2 Å². The molecule has 0 aliphatic carbocycles. The largest absolute Gasteiger partial charge is 0.471 e. The molecule has 0 saturated carbocycles. The van der Waals surface area contributed by atoms with Crippen LogP contribution in [0.25, 0.3) is 21.8 Å². The van der Waals surface area contributed by atoms with E-state index in [2.05, 4.69) is 46.9 Å². The van der Waals surface area contributed by atoms with Crippen LogP contribution in [0.15, 0.2) is 67.1 Å². The van der Waals surface area contributed by atoms with Gasteiger partial charge in [0.05, 0.1) is 187 Å². The highest BCUT2D eigenvalue weighted by Crippen LogP contribution is 2.24. The van der Waals surface area contributed by atoms with Crippen LogP contribution in [-0.4, -0.2) is 245 Å². The van der Waals surface area contributed by atoms with Gasteiger partial charge < -0.3 is 74.1 Å². The van der Waals surface area contributed by atoms with Crippen LogP contribution in [0.3, 0.4) is 0 Å². The Kier molecular flexibility index (Phi) is 34.7. The van der Waals surface area contributed by atoms with Crippen molar-refractivity contribution in [3.8, 4) is 0 Å². The first-order valence-electron chi connectivity index (χ1n) is 28.5. The summed E-state index contributed by atoms with van der Waals surface area (Å²) >= 11 is 0. The number of halogens is 3. The molecule has 2 aromatic carbocycles. The number of nitrogens with zero attached hydrogens (tertiary/aromatic N) is 10. The number of aliphatic hydroxyl groups is 2. The van der Waals surface area contributed by atoms with E-state index in [-0.39, 0.29) is 138 Å². The smallest absolute Gasteiger partial charge is 0.395 e. The van der Waals surface area contributed by atoms with Crippen molar-refractivity contribution in [2.75, 3.05) is 155 Å². The standard InChI is InChI=1S/C54H77F3N14O14S4/c55-54(56,57)51(75)59-9-17-78-21-25-82-27-23-80-19-11-69-33-44(63-66-69)36-83-39-53(40-84-37-45-34-70(67-64-45)12-28-86-88-30-14-72,41-85-38-46-35-71(68-65-46)13-29-87-89-31-15-73)62-52(76)60-10-18-79-22-26-81-24-20-77-16-8-58-50(74)47-6-3-5-43-32-42-4-1-2-7-48(42)61-49(43)47/h1-7,32-35,72-73H,8-31,36-41H2,(H,58,74)(H,59,75)(H2,60,62,76). The van der Waals surface area contributed by atoms with Crippen LogP contribution in [-0.2, 0) is 86.9 Å². The number of para-hydroxylation sites is 2. The minimum absolute atomic E-state index is 0.00850. The van der Waals surface area contributed by atoms with E-state index in [1.54, 1.807) is 87.2 Å². The third kappa shape index (κ3) is 29.1. The van der Waals surface area contributed by atoms with Gasteiger partial charge in [-0.25, -0.2) is 14.5 Å². The van der Waals surface area contributed by atoms with E-state index >= 15 is 0 Å². The number of urea groups is 1. The molecule has 0 unspecified atom stereocenters. The predicted octanol–water partition coefficient (Wildman–Crippen LogP) is 3.11. The minimum atomic E-state index is -4.95. The normalized spacial score (nSPS) is 11.9. The molecule has 4 aromatic heterocycles. The number of benzene rings is 2. The molecular formula is C54H77F3N14O14S4. The molecule has 0 bridgehead atoms. The van der Waals surface area contributed by atoms with Crippen LogP contribution in [0.1, 0.15) is 27.4 Å². The minimum Gasteiger partial charge on any atom is -0.395 e. The number of ether oxygens (including phenoxy) is 9. The maximum absolute atomic E-state index is 13.8. The van der Waals surface area contributed by atoms with Gasteiger partial charge in [0.25, 0.3) is 5.91 Å². The predicted molar refractivity (Wildman–Crippen MR) is 328 cm³/mol. The lowest BCUT2D eigenvalue weighted by molar-refractivity contribution is -0.173. The Morgan fingerprint density at radius 1 is 0.506 bits per heavy atom. The molecule has 0 aliphatic rings. The summed E-state index contributed by atoms with van der Waals surface area (Å²) in [6, 6.07) is 14.8. The van der Waals surface area contributed by atoms with Gasteiger partial charge in [-0.15, -0.1) is 15.3 Å². The number of aliphatic hydroxyl groups excluding tert-OH is 2. The molecule has 0 fully saturated rings. The van der Waals surface area contributed by atoms with Crippen molar-refractivity contribution in [3.63, 3.8) is 0 Å². The van der Waals surface area contributed by atoms with E-state index in [1.807, 2.05) is 42.5 Å². The van der Waals surface area contributed by atoms with Crippen molar-refractivity contribution in [1.82, 2.24) is 71.2 Å². The molecule has 28 nitrogen and oxygen atoms in total. The van der Waals surface area contributed by atoms with Crippen LogP contribution in [0, 0.1) is 0 Å². The van der Waals surface area contributed by atoms with E-state index in [1.165, 1.54) is 0 Å². The van der Waals surface area contributed by atoms with Gasteiger partial charge in [-0.3, -0.25) is 19.0 Å². The zero-order valence-corrected chi connectivity index (χ0v) is 52.4. The van der Waals surface area contributed by atoms with Gasteiger partial charge >= 0.3 is 18.1 Å². The number of alkyl halides is 3. The summed E-state index contributed by atoms with van der Waals surface area (Å²) in [4.78, 5) is 42.4. The van der Waals surface area contributed by atoms with E-state index in [0.29, 0.717) is 79.1 Å². The molecule has 35 heteroatoms. The number of fused-ring (bicyclic) bond motifs is 2. The second kappa shape index (κ2) is 42.5. The molecule has 6 aromatic rings. The average molecular weight is 1330 g/mol. The second-order valence-corrected chi connectivity index (χ2v) is 24.4. The third-order valence-corrected chi connectivity index (χ3v) is 16.7. The first-order valence-corrected chi connectivity index (χ1v) is 33.5. The zero-order chi connectivity index (χ0) is 63.0. The highest BCUT2D eigenvalue weighted by atomic mass is 33.1. The van der Waals surface area contributed by atoms with Gasteiger partial charge in [0.1, 0.15) is 22.6 Å².